The fraction of sp³-hybridized carbons (Fsp3) is 0.0312. The van der Waals surface area contributed by atoms with Crippen molar-refractivity contribution in [2.24, 2.45) is 4.99 Å². The molecular formula is C32H27N2P. The molecule has 0 aliphatic rings. The van der Waals surface area contributed by atoms with E-state index in [0.29, 0.717) is 0 Å². The number of hydrogen-bond acceptors (Lipinski definition) is 2. The normalized spacial score (nSPS) is 11.1. The van der Waals surface area contributed by atoms with Crippen molar-refractivity contribution in [3.63, 3.8) is 0 Å². The van der Waals surface area contributed by atoms with Crippen molar-refractivity contribution in [1.29, 1.82) is 0 Å². The Hall–Kier alpha value is -4.00. The van der Waals surface area contributed by atoms with E-state index >= 15 is 0 Å². The zero-order valence-electron chi connectivity index (χ0n) is 19.7. The second-order valence-electron chi connectivity index (χ2n) is 8.21. The molecule has 0 atom stereocenters. The molecule has 2 nitrogen and oxygen atoms in total. The Labute approximate surface area is 209 Å². The van der Waals surface area contributed by atoms with Gasteiger partial charge in [-0.15, -0.1) is 0 Å². The molecular weight excluding hydrogens is 443 g/mol. The van der Waals surface area contributed by atoms with E-state index in [-0.39, 0.29) is 0 Å². The van der Waals surface area contributed by atoms with Gasteiger partial charge in [-0.25, -0.2) is 0 Å². The molecule has 0 saturated heterocycles. The molecule has 0 fully saturated rings. The van der Waals surface area contributed by atoms with Crippen LogP contribution >= 0.6 is 7.92 Å². The first kappa shape index (κ1) is 22.8. The van der Waals surface area contributed by atoms with Gasteiger partial charge in [-0.3, -0.25) is 4.99 Å². The van der Waals surface area contributed by atoms with Crippen molar-refractivity contribution in [3.8, 4) is 0 Å². The van der Waals surface area contributed by atoms with Gasteiger partial charge in [-0.2, -0.15) is 0 Å². The molecule has 0 aliphatic carbocycles. The molecule has 0 bridgehead atoms. The highest BCUT2D eigenvalue weighted by atomic mass is 31.1. The zero-order chi connectivity index (χ0) is 23.9. The van der Waals surface area contributed by atoms with E-state index in [0.717, 1.165) is 16.9 Å². The number of anilines is 2. The average molecular weight is 471 g/mol. The van der Waals surface area contributed by atoms with Crippen molar-refractivity contribution in [3.05, 3.63) is 145 Å². The summed E-state index contributed by atoms with van der Waals surface area (Å²) in [5.41, 5.74) is 4.29. The predicted octanol–water partition coefficient (Wildman–Crippen LogP) is 6.96. The van der Waals surface area contributed by atoms with Gasteiger partial charge >= 0.3 is 0 Å². The highest BCUT2D eigenvalue weighted by Crippen LogP contribution is 2.39. The molecule has 35 heavy (non-hydrogen) atoms. The van der Waals surface area contributed by atoms with E-state index in [9.17, 15) is 0 Å². The molecule has 5 aromatic carbocycles. The second-order valence-corrected chi connectivity index (χ2v) is 10.4. The van der Waals surface area contributed by atoms with Crippen LogP contribution < -0.4 is 20.8 Å². The van der Waals surface area contributed by atoms with Crippen molar-refractivity contribution >= 4 is 47.1 Å². The fourth-order valence-corrected chi connectivity index (χ4v) is 6.67. The summed E-state index contributed by atoms with van der Waals surface area (Å²) in [7, 11) is 1.41. The Balaban J connectivity index is 1.59. The molecule has 0 spiro atoms. The lowest BCUT2D eigenvalue weighted by atomic mass is 10.2. The molecule has 5 rings (SSSR count). The summed E-state index contributed by atoms with van der Waals surface area (Å²) in [6, 6.07) is 49.0. The van der Waals surface area contributed by atoms with Crippen molar-refractivity contribution < 1.29 is 0 Å². The monoisotopic (exact) mass is 470 g/mol. The molecule has 0 unspecified atom stereocenters. The molecule has 0 saturated carbocycles. The van der Waals surface area contributed by atoms with Gasteiger partial charge in [-0.05, 0) is 42.3 Å². The highest BCUT2D eigenvalue weighted by molar-refractivity contribution is 7.80. The molecule has 0 aromatic heterocycles. The molecule has 0 radical (unpaired) electrons. The smallest absolute Gasteiger partial charge is 0.0866 e. The van der Waals surface area contributed by atoms with E-state index in [2.05, 4.69) is 127 Å². The molecule has 0 heterocycles. The maximum Gasteiger partial charge on any atom is 0.0866 e. The lowest BCUT2D eigenvalue weighted by Gasteiger charge is -2.28. The van der Waals surface area contributed by atoms with Crippen LogP contribution in [0.1, 0.15) is 5.56 Å². The van der Waals surface area contributed by atoms with Gasteiger partial charge in [0.1, 0.15) is 0 Å². The first-order chi connectivity index (χ1) is 17.3. The fourth-order valence-electron chi connectivity index (χ4n) is 4.19. The van der Waals surface area contributed by atoms with E-state index in [1.54, 1.807) is 0 Å². The topological polar surface area (TPSA) is 15.6 Å². The summed E-state index contributed by atoms with van der Waals surface area (Å²) >= 11 is 0. The van der Waals surface area contributed by atoms with E-state index in [1.807, 2.05) is 30.5 Å². The number of para-hydroxylation sites is 3. The quantitative estimate of drug-likeness (QED) is 0.185. The van der Waals surface area contributed by atoms with Crippen LogP contribution in [-0.2, 0) is 0 Å². The zero-order valence-corrected chi connectivity index (χ0v) is 20.6. The van der Waals surface area contributed by atoms with Crippen molar-refractivity contribution in [2.75, 3.05) is 11.9 Å². The lowest BCUT2D eigenvalue weighted by Crippen LogP contribution is -2.25. The summed E-state index contributed by atoms with van der Waals surface area (Å²) < 4.78 is 0. The average Bonchev–Trinajstić information content (AvgIpc) is 2.94. The molecule has 0 N–H and O–H groups in total. The first-order valence-corrected chi connectivity index (χ1v) is 13.1. The van der Waals surface area contributed by atoms with Crippen LogP contribution in [0, 0.1) is 0 Å². The molecule has 0 aliphatic heterocycles. The minimum Gasteiger partial charge on any atom is -0.342 e. The third-order valence-corrected chi connectivity index (χ3v) is 8.40. The number of nitrogens with zero attached hydrogens (tertiary/aromatic N) is 2. The third kappa shape index (κ3) is 5.24. The third-order valence-electron chi connectivity index (χ3n) is 5.91. The predicted molar refractivity (Wildman–Crippen MR) is 153 cm³/mol. The van der Waals surface area contributed by atoms with Crippen molar-refractivity contribution in [1.82, 2.24) is 0 Å². The summed E-state index contributed by atoms with van der Waals surface area (Å²) in [6.45, 7) is 0. The SMILES string of the molecule is CN(c1ccccc1/N=C/c1ccccc1)c1ccccc1P(c1ccccc1)c1ccccc1. The van der Waals surface area contributed by atoms with Gasteiger partial charge in [0.05, 0.1) is 11.4 Å². The Bertz CT molecular complexity index is 1360. The minimum atomic E-state index is -0.723. The van der Waals surface area contributed by atoms with Crippen LogP contribution in [0.2, 0.25) is 0 Å². The van der Waals surface area contributed by atoms with Crippen molar-refractivity contribution in [2.45, 2.75) is 0 Å². The molecule has 3 heteroatoms. The minimum absolute atomic E-state index is 0.723. The van der Waals surface area contributed by atoms with Crippen LogP contribution in [0.15, 0.2) is 145 Å². The van der Waals surface area contributed by atoms with E-state index in [1.165, 1.54) is 21.6 Å². The van der Waals surface area contributed by atoms with Gasteiger partial charge in [0.15, 0.2) is 0 Å². The Morgan fingerprint density at radius 2 is 1.03 bits per heavy atom. The summed E-state index contributed by atoms with van der Waals surface area (Å²) in [5.74, 6) is 0. The van der Waals surface area contributed by atoms with Gasteiger partial charge in [0, 0.05) is 24.3 Å². The van der Waals surface area contributed by atoms with Crippen LogP contribution in [0.3, 0.4) is 0 Å². The maximum absolute atomic E-state index is 4.85. The maximum atomic E-state index is 4.85. The van der Waals surface area contributed by atoms with Gasteiger partial charge in [0.25, 0.3) is 0 Å². The number of rotatable bonds is 7. The van der Waals surface area contributed by atoms with Crippen LogP contribution in [0.4, 0.5) is 17.1 Å². The van der Waals surface area contributed by atoms with Crippen LogP contribution in [0.25, 0.3) is 0 Å². The Morgan fingerprint density at radius 3 is 1.66 bits per heavy atom. The summed E-state index contributed by atoms with van der Waals surface area (Å²) in [4.78, 5) is 7.12. The van der Waals surface area contributed by atoms with E-state index < -0.39 is 7.92 Å². The molecule has 0 amide bonds. The Morgan fingerprint density at radius 1 is 0.543 bits per heavy atom. The van der Waals surface area contributed by atoms with E-state index in [4.69, 9.17) is 4.99 Å². The Kier molecular flexibility index (Phi) is 7.13. The first-order valence-electron chi connectivity index (χ1n) is 11.7. The van der Waals surface area contributed by atoms with Gasteiger partial charge < -0.3 is 4.90 Å². The highest BCUT2D eigenvalue weighted by Gasteiger charge is 2.22. The number of aliphatic imine (C=N–C) groups is 1. The van der Waals surface area contributed by atoms with Crippen LogP contribution in [-0.4, -0.2) is 13.3 Å². The number of benzene rings is 5. The lowest BCUT2D eigenvalue weighted by molar-refractivity contribution is 1.21. The second kappa shape index (κ2) is 11.0. The summed E-state index contributed by atoms with van der Waals surface area (Å²) in [6.07, 6.45) is 1.93. The standard InChI is InChI=1S/C32H27N2P/c1-34(30-22-12-11-21-29(30)33-25-26-15-5-2-6-16-26)31-23-13-14-24-32(31)35(27-17-7-3-8-18-27)28-19-9-4-10-20-28/h2-25H,1H3/b33-25+. The number of hydrogen-bond donors (Lipinski definition) is 0. The molecule has 170 valence electrons. The van der Waals surface area contributed by atoms with Gasteiger partial charge in [-0.1, -0.05) is 121 Å². The van der Waals surface area contributed by atoms with Gasteiger partial charge in [0.2, 0.25) is 0 Å². The largest absolute Gasteiger partial charge is 0.342 e. The summed E-state index contributed by atoms with van der Waals surface area (Å²) in [5, 5.41) is 4.00. The van der Waals surface area contributed by atoms with Crippen LogP contribution in [0.5, 0.6) is 0 Å². The molecule has 5 aromatic rings.